The summed E-state index contributed by atoms with van der Waals surface area (Å²) in [5.41, 5.74) is -3.88. The number of hydrogen-bond donors (Lipinski definition) is 1. The molecule has 0 saturated carbocycles. The van der Waals surface area contributed by atoms with Crippen LogP contribution in [0.5, 0.6) is 0 Å². The Kier molecular flexibility index (Phi) is 7.44. The number of rotatable bonds is 4. The number of halogens is 3. The van der Waals surface area contributed by atoms with Gasteiger partial charge in [-0.05, 0) is 52.3 Å². The second kappa shape index (κ2) is 9.13. The van der Waals surface area contributed by atoms with Crippen LogP contribution in [0.3, 0.4) is 0 Å². The van der Waals surface area contributed by atoms with E-state index >= 15 is 0 Å². The van der Waals surface area contributed by atoms with Gasteiger partial charge in [0.25, 0.3) is 0 Å². The zero-order valence-corrected chi connectivity index (χ0v) is 21.0. The van der Waals surface area contributed by atoms with Crippen molar-refractivity contribution in [2.45, 2.75) is 50.0 Å². The fraction of sp³-hybridized carbons (Fsp3) is 0.476. The van der Waals surface area contributed by atoms with E-state index in [2.05, 4.69) is 27.5 Å². The molecule has 0 aliphatic carbocycles. The molecular formula is C21H25BrF2N2O6S. The van der Waals surface area contributed by atoms with Crippen LogP contribution in [0.15, 0.2) is 40.3 Å². The Morgan fingerprint density at radius 3 is 2.48 bits per heavy atom. The van der Waals surface area contributed by atoms with E-state index in [9.17, 15) is 31.9 Å². The van der Waals surface area contributed by atoms with Gasteiger partial charge in [-0.3, -0.25) is 4.99 Å². The van der Waals surface area contributed by atoms with E-state index in [0.717, 1.165) is 13.0 Å². The number of benzene rings is 1. The Bertz CT molecular complexity index is 1120. The zero-order chi connectivity index (χ0) is 25.4. The van der Waals surface area contributed by atoms with Crippen LogP contribution >= 0.6 is 15.9 Å². The quantitative estimate of drug-likeness (QED) is 0.537. The molecule has 1 N–H and O–H groups in total. The molecule has 0 saturated heterocycles. The summed E-state index contributed by atoms with van der Waals surface area (Å²) in [5.74, 6) is -2.70. The van der Waals surface area contributed by atoms with Crippen LogP contribution in [-0.4, -0.2) is 59.2 Å². The highest BCUT2D eigenvalue weighted by molar-refractivity contribution is 9.10. The summed E-state index contributed by atoms with van der Waals surface area (Å²) >= 11 is 3.14. The van der Waals surface area contributed by atoms with Gasteiger partial charge in [-0.2, -0.15) is 4.90 Å². The Morgan fingerprint density at radius 2 is 2.00 bits per heavy atom. The highest BCUT2D eigenvalue weighted by Gasteiger charge is 2.58. The summed E-state index contributed by atoms with van der Waals surface area (Å²) < 4.78 is 59.7. The number of carboxylic acid groups (broad SMARTS) is 1. The van der Waals surface area contributed by atoms with Crippen LogP contribution in [0.4, 0.5) is 18.4 Å². The molecule has 1 aliphatic rings. The first kappa shape index (κ1) is 26.9. The minimum atomic E-state index is -4.42. The van der Waals surface area contributed by atoms with E-state index in [1.807, 2.05) is 0 Å². The summed E-state index contributed by atoms with van der Waals surface area (Å²) in [6, 6.07) is 3.50. The van der Waals surface area contributed by atoms with Crippen LogP contribution in [0.25, 0.3) is 0 Å². The van der Waals surface area contributed by atoms with Crippen LogP contribution in [0.1, 0.15) is 39.7 Å². The van der Waals surface area contributed by atoms with E-state index in [4.69, 9.17) is 4.74 Å². The fourth-order valence-corrected chi connectivity index (χ4v) is 5.83. The molecule has 0 bridgehead atoms. The lowest BCUT2D eigenvalue weighted by Gasteiger charge is -2.43. The van der Waals surface area contributed by atoms with E-state index < -0.39 is 67.6 Å². The number of aliphatic imine (C=N–C) groups is 1. The van der Waals surface area contributed by atoms with Crippen LogP contribution in [0, 0.1) is 5.82 Å². The molecule has 182 valence electrons. The SMILES string of the molecule is C=CCC1(C)C(N(C(=O)O)C(=O)OC(C)(C)C)=NC(CF)(c2cc(Br)ccc2F)CS1(=O)=O. The number of imide groups is 1. The predicted molar refractivity (Wildman–Crippen MR) is 122 cm³/mol. The molecule has 1 heterocycles. The van der Waals surface area contributed by atoms with E-state index in [0.29, 0.717) is 4.47 Å². The standard InChI is InChI=1S/C21H25BrF2N2O6S/c1-6-9-20(5)16(26(17(27)28)18(29)32-19(2,3)4)25-21(11-23,12-33(20,30)31)14-10-13(22)7-8-15(14)24/h6-8,10H,1,9,11-12H2,2-5H3,(H,27,28). The van der Waals surface area contributed by atoms with Crippen molar-refractivity contribution in [1.29, 1.82) is 0 Å². The first-order chi connectivity index (χ1) is 15.0. The van der Waals surface area contributed by atoms with Crippen molar-refractivity contribution >= 4 is 43.8 Å². The molecule has 1 aromatic rings. The summed E-state index contributed by atoms with van der Waals surface area (Å²) in [7, 11) is -4.42. The lowest BCUT2D eigenvalue weighted by molar-refractivity contribution is 0.0372. The van der Waals surface area contributed by atoms with Crippen molar-refractivity contribution in [3.63, 3.8) is 0 Å². The van der Waals surface area contributed by atoms with E-state index in [1.54, 1.807) is 0 Å². The molecule has 2 atom stereocenters. The third-order valence-electron chi connectivity index (χ3n) is 5.07. The summed E-state index contributed by atoms with van der Waals surface area (Å²) in [5, 5.41) is 9.82. The first-order valence-electron chi connectivity index (χ1n) is 9.74. The summed E-state index contributed by atoms with van der Waals surface area (Å²) in [6.45, 7) is 7.63. The molecule has 8 nitrogen and oxygen atoms in total. The molecule has 33 heavy (non-hydrogen) atoms. The van der Waals surface area contributed by atoms with E-state index in [-0.39, 0.29) is 11.3 Å². The molecule has 2 unspecified atom stereocenters. The van der Waals surface area contributed by atoms with Gasteiger partial charge in [0.15, 0.2) is 9.84 Å². The first-order valence-corrected chi connectivity index (χ1v) is 12.2. The zero-order valence-electron chi connectivity index (χ0n) is 18.6. The Labute approximate surface area is 199 Å². The van der Waals surface area contributed by atoms with Gasteiger partial charge < -0.3 is 9.84 Å². The number of sulfone groups is 1. The highest BCUT2D eigenvalue weighted by atomic mass is 79.9. The maximum atomic E-state index is 14.8. The van der Waals surface area contributed by atoms with Gasteiger partial charge in [0.2, 0.25) is 0 Å². The number of carbonyl (C=O) groups is 2. The minimum absolute atomic E-state index is 0.0335. The molecule has 0 radical (unpaired) electrons. The monoisotopic (exact) mass is 550 g/mol. The number of nitrogens with zero attached hydrogens (tertiary/aromatic N) is 2. The maximum absolute atomic E-state index is 14.8. The molecule has 12 heteroatoms. The molecule has 2 rings (SSSR count). The van der Waals surface area contributed by atoms with Crippen LogP contribution < -0.4 is 0 Å². The Hall–Kier alpha value is -2.34. The van der Waals surface area contributed by atoms with Gasteiger partial charge in [-0.25, -0.2) is 26.8 Å². The maximum Gasteiger partial charge on any atom is 0.425 e. The van der Waals surface area contributed by atoms with Crippen molar-refractivity contribution in [3.8, 4) is 0 Å². The van der Waals surface area contributed by atoms with Crippen LogP contribution in [-0.2, 0) is 20.1 Å². The van der Waals surface area contributed by atoms with E-state index in [1.165, 1.54) is 39.0 Å². The Balaban J connectivity index is 2.94. The second-order valence-electron chi connectivity index (χ2n) is 8.81. The third kappa shape index (κ3) is 5.11. The number of amides is 2. The number of carbonyl (C=O) groups excluding carboxylic acids is 1. The van der Waals surface area contributed by atoms with Gasteiger partial charge in [-0.15, -0.1) is 6.58 Å². The van der Waals surface area contributed by atoms with Gasteiger partial charge in [0.05, 0.1) is 5.75 Å². The molecule has 2 amide bonds. The number of hydrogen-bond acceptors (Lipinski definition) is 6. The van der Waals surface area contributed by atoms with Crippen LogP contribution in [0.2, 0.25) is 0 Å². The smallest absolute Gasteiger partial charge is 0.425 e. The lowest BCUT2D eigenvalue weighted by Crippen LogP contribution is -2.62. The Morgan fingerprint density at radius 1 is 1.39 bits per heavy atom. The van der Waals surface area contributed by atoms with Crippen molar-refractivity contribution < 1.29 is 36.6 Å². The van der Waals surface area contributed by atoms with Crippen molar-refractivity contribution in [2.24, 2.45) is 4.99 Å². The number of alkyl halides is 1. The number of ether oxygens (including phenoxy) is 1. The predicted octanol–water partition coefficient (Wildman–Crippen LogP) is 4.83. The summed E-state index contributed by atoms with van der Waals surface area (Å²) in [6.07, 6.45) is -2.45. The third-order valence-corrected chi connectivity index (χ3v) is 8.14. The topological polar surface area (TPSA) is 113 Å². The molecule has 0 fully saturated rings. The molecular weight excluding hydrogens is 526 g/mol. The molecule has 1 aliphatic heterocycles. The largest absolute Gasteiger partial charge is 0.464 e. The average molecular weight is 551 g/mol. The average Bonchev–Trinajstić information content (AvgIpc) is 2.66. The molecule has 0 spiro atoms. The van der Waals surface area contributed by atoms with Gasteiger partial charge in [-0.1, -0.05) is 22.0 Å². The van der Waals surface area contributed by atoms with Gasteiger partial charge in [0, 0.05) is 10.0 Å². The fourth-order valence-electron chi connectivity index (χ4n) is 3.44. The van der Waals surface area contributed by atoms with Gasteiger partial charge >= 0.3 is 12.2 Å². The normalized spacial score (nSPS) is 24.5. The number of amidine groups is 1. The second-order valence-corrected chi connectivity index (χ2v) is 12.1. The summed E-state index contributed by atoms with van der Waals surface area (Å²) in [4.78, 5) is 29.1. The molecule has 1 aromatic carbocycles. The number of allylic oxidation sites excluding steroid dienone is 1. The molecule has 0 aromatic heterocycles. The van der Waals surface area contributed by atoms with Crippen molar-refractivity contribution in [3.05, 3.63) is 46.7 Å². The van der Waals surface area contributed by atoms with Crippen molar-refractivity contribution in [1.82, 2.24) is 4.90 Å². The van der Waals surface area contributed by atoms with Gasteiger partial charge in [0.1, 0.15) is 34.2 Å². The lowest BCUT2D eigenvalue weighted by atomic mass is 9.91. The minimum Gasteiger partial charge on any atom is -0.464 e. The highest BCUT2D eigenvalue weighted by Crippen LogP contribution is 2.42. The van der Waals surface area contributed by atoms with Crippen molar-refractivity contribution in [2.75, 3.05) is 12.4 Å².